The van der Waals surface area contributed by atoms with E-state index < -0.39 is 0 Å². The number of nitrogens with zero attached hydrogens (tertiary/aromatic N) is 2. The molecule has 3 atom stereocenters. The topological polar surface area (TPSA) is 66.6 Å². The van der Waals surface area contributed by atoms with Crippen molar-refractivity contribution in [1.82, 2.24) is 4.90 Å². The summed E-state index contributed by atoms with van der Waals surface area (Å²) >= 11 is 0. The van der Waals surface area contributed by atoms with Gasteiger partial charge >= 0.3 is 0 Å². The van der Waals surface area contributed by atoms with Crippen molar-refractivity contribution in [1.29, 1.82) is 0 Å². The third-order valence-corrected chi connectivity index (χ3v) is 5.35. The van der Waals surface area contributed by atoms with E-state index in [2.05, 4.69) is 6.92 Å². The molecule has 2 aliphatic rings. The Bertz CT molecular complexity index is 620. The molecule has 0 saturated carbocycles. The van der Waals surface area contributed by atoms with Crippen molar-refractivity contribution in [2.24, 2.45) is 17.6 Å². The van der Waals surface area contributed by atoms with Crippen LogP contribution < -0.4 is 10.6 Å². The number of amides is 2. The molecular formula is C19H28ClN3O2. The summed E-state index contributed by atoms with van der Waals surface area (Å²) in [4.78, 5) is 29.0. The van der Waals surface area contributed by atoms with Crippen LogP contribution in [0, 0.1) is 18.8 Å². The third-order valence-electron chi connectivity index (χ3n) is 5.35. The van der Waals surface area contributed by atoms with Crippen molar-refractivity contribution in [3.05, 3.63) is 29.8 Å². The first-order chi connectivity index (χ1) is 11.5. The van der Waals surface area contributed by atoms with E-state index in [1.807, 2.05) is 36.1 Å². The van der Waals surface area contributed by atoms with E-state index in [1.165, 1.54) is 0 Å². The molecule has 2 amide bonds. The van der Waals surface area contributed by atoms with E-state index in [4.69, 9.17) is 5.73 Å². The second-order valence-corrected chi connectivity index (χ2v) is 7.29. The summed E-state index contributed by atoms with van der Waals surface area (Å²) < 4.78 is 0. The molecule has 0 radical (unpaired) electrons. The van der Waals surface area contributed by atoms with Crippen LogP contribution in [-0.4, -0.2) is 42.4 Å². The molecular weight excluding hydrogens is 338 g/mol. The highest BCUT2D eigenvalue weighted by Crippen LogP contribution is 2.29. The molecule has 2 aliphatic heterocycles. The summed E-state index contributed by atoms with van der Waals surface area (Å²) in [6.07, 6.45) is 2.28. The number of aryl methyl sites for hydroxylation is 1. The molecule has 2 heterocycles. The number of hydrogen-bond donors (Lipinski definition) is 1. The molecule has 5 nitrogen and oxygen atoms in total. The third kappa shape index (κ3) is 4.15. The fourth-order valence-electron chi connectivity index (χ4n) is 3.85. The molecule has 3 unspecified atom stereocenters. The van der Waals surface area contributed by atoms with Crippen molar-refractivity contribution < 1.29 is 9.59 Å². The van der Waals surface area contributed by atoms with Crippen LogP contribution in [0.4, 0.5) is 5.69 Å². The quantitative estimate of drug-likeness (QED) is 0.894. The van der Waals surface area contributed by atoms with Gasteiger partial charge in [-0.3, -0.25) is 9.59 Å². The zero-order valence-corrected chi connectivity index (χ0v) is 15.8. The summed E-state index contributed by atoms with van der Waals surface area (Å²) in [6.45, 7) is 5.97. The minimum atomic E-state index is -0.249. The molecule has 25 heavy (non-hydrogen) atoms. The Labute approximate surface area is 155 Å². The van der Waals surface area contributed by atoms with Gasteiger partial charge in [0.2, 0.25) is 11.8 Å². The molecule has 2 fully saturated rings. The summed E-state index contributed by atoms with van der Waals surface area (Å²) in [7, 11) is 0. The summed E-state index contributed by atoms with van der Waals surface area (Å²) in [5.41, 5.74) is 7.92. The standard InChI is InChI=1S/C19H27N3O2.ClH/c1-13-3-5-16(6-4-13)22-12-15(10-18(22)23)19(24)21-8-7-14(2)9-17(21)11-20;/h3-6,14-15,17H,7-12,20H2,1-2H3;1H. The molecule has 138 valence electrons. The molecule has 1 aromatic carbocycles. The predicted octanol–water partition coefficient (Wildman–Crippen LogP) is 2.36. The Morgan fingerprint density at radius 2 is 1.96 bits per heavy atom. The molecule has 3 rings (SSSR count). The van der Waals surface area contributed by atoms with Gasteiger partial charge in [0.05, 0.1) is 5.92 Å². The first-order valence-electron chi connectivity index (χ1n) is 8.87. The van der Waals surface area contributed by atoms with Gasteiger partial charge in [0.25, 0.3) is 0 Å². The number of rotatable bonds is 3. The maximum absolute atomic E-state index is 12.9. The molecule has 0 bridgehead atoms. The minimum Gasteiger partial charge on any atom is -0.338 e. The Balaban J connectivity index is 0.00000225. The SMILES string of the molecule is Cc1ccc(N2CC(C(=O)N3CCC(C)CC3CN)CC2=O)cc1.Cl. The second-order valence-electron chi connectivity index (χ2n) is 7.29. The molecule has 1 aromatic rings. The number of piperidine rings is 1. The van der Waals surface area contributed by atoms with E-state index in [0.717, 1.165) is 30.6 Å². The first kappa shape index (κ1) is 19.7. The number of carbonyl (C=O) groups is 2. The zero-order chi connectivity index (χ0) is 17.3. The maximum Gasteiger partial charge on any atom is 0.228 e. The Hall–Kier alpha value is -1.59. The van der Waals surface area contributed by atoms with Crippen LogP contribution >= 0.6 is 12.4 Å². The number of benzene rings is 1. The lowest BCUT2D eigenvalue weighted by molar-refractivity contribution is -0.139. The average Bonchev–Trinajstić information content (AvgIpc) is 2.96. The summed E-state index contributed by atoms with van der Waals surface area (Å²) in [5, 5.41) is 0. The van der Waals surface area contributed by atoms with E-state index in [-0.39, 0.29) is 36.2 Å². The van der Waals surface area contributed by atoms with Gasteiger partial charge in [-0.25, -0.2) is 0 Å². The van der Waals surface area contributed by atoms with Crippen molar-refractivity contribution in [3.63, 3.8) is 0 Å². The lowest BCUT2D eigenvalue weighted by atomic mass is 9.91. The van der Waals surface area contributed by atoms with Gasteiger partial charge in [-0.05, 0) is 37.8 Å². The number of likely N-dealkylation sites (tertiary alicyclic amines) is 1. The van der Waals surface area contributed by atoms with Crippen LogP contribution in [0.1, 0.15) is 31.7 Å². The van der Waals surface area contributed by atoms with Gasteiger partial charge < -0.3 is 15.5 Å². The number of hydrogen-bond acceptors (Lipinski definition) is 3. The second kappa shape index (κ2) is 8.19. The van der Waals surface area contributed by atoms with Crippen molar-refractivity contribution in [2.75, 3.05) is 24.5 Å². The smallest absolute Gasteiger partial charge is 0.228 e. The van der Waals surface area contributed by atoms with E-state index in [1.54, 1.807) is 4.90 Å². The van der Waals surface area contributed by atoms with Gasteiger partial charge in [0.1, 0.15) is 0 Å². The molecule has 6 heteroatoms. The predicted molar refractivity (Wildman–Crippen MR) is 102 cm³/mol. The first-order valence-corrected chi connectivity index (χ1v) is 8.87. The maximum atomic E-state index is 12.9. The Morgan fingerprint density at radius 3 is 2.60 bits per heavy atom. The number of halogens is 1. The van der Waals surface area contributed by atoms with Crippen molar-refractivity contribution in [2.45, 2.75) is 39.2 Å². The monoisotopic (exact) mass is 365 g/mol. The summed E-state index contributed by atoms with van der Waals surface area (Å²) in [5.74, 6) is 0.491. The molecule has 0 aromatic heterocycles. The van der Waals surface area contributed by atoms with E-state index >= 15 is 0 Å². The highest BCUT2D eigenvalue weighted by molar-refractivity contribution is 6.00. The van der Waals surface area contributed by atoms with Crippen molar-refractivity contribution in [3.8, 4) is 0 Å². The van der Waals surface area contributed by atoms with E-state index in [9.17, 15) is 9.59 Å². The summed E-state index contributed by atoms with van der Waals surface area (Å²) in [6, 6.07) is 8.00. The van der Waals surface area contributed by atoms with Gasteiger partial charge in [-0.2, -0.15) is 0 Å². The van der Waals surface area contributed by atoms with Crippen LogP contribution in [0.15, 0.2) is 24.3 Å². The van der Waals surface area contributed by atoms with Gasteiger partial charge in [-0.15, -0.1) is 12.4 Å². The van der Waals surface area contributed by atoms with Crippen molar-refractivity contribution >= 4 is 29.9 Å². The normalized spacial score (nSPS) is 26.5. The zero-order valence-electron chi connectivity index (χ0n) is 15.0. The largest absolute Gasteiger partial charge is 0.338 e. The molecule has 2 N–H and O–H groups in total. The fraction of sp³-hybridized carbons (Fsp3) is 0.579. The van der Waals surface area contributed by atoms with E-state index in [0.29, 0.717) is 25.4 Å². The highest BCUT2D eigenvalue weighted by atomic mass is 35.5. The highest BCUT2D eigenvalue weighted by Gasteiger charge is 2.39. The number of anilines is 1. The van der Waals surface area contributed by atoms with Crippen LogP contribution in [0.25, 0.3) is 0 Å². The lowest BCUT2D eigenvalue weighted by Crippen LogP contribution is -2.51. The van der Waals surface area contributed by atoms with Gasteiger partial charge in [0.15, 0.2) is 0 Å². The van der Waals surface area contributed by atoms with Crippen LogP contribution in [0.3, 0.4) is 0 Å². The van der Waals surface area contributed by atoms with Gasteiger partial charge in [-0.1, -0.05) is 24.6 Å². The average molecular weight is 366 g/mol. The Kier molecular flexibility index (Phi) is 6.47. The molecule has 2 saturated heterocycles. The minimum absolute atomic E-state index is 0. The van der Waals surface area contributed by atoms with Gasteiger partial charge in [0, 0.05) is 37.8 Å². The van der Waals surface area contributed by atoms with Crippen LogP contribution in [-0.2, 0) is 9.59 Å². The molecule has 0 spiro atoms. The Morgan fingerprint density at radius 1 is 1.28 bits per heavy atom. The number of nitrogens with two attached hydrogens (primary N) is 1. The fourth-order valence-corrected chi connectivity index (χ4v) is 3.85. The van der Waals surface area contributed by atoms with Crippen LogP contribution in [0.2, 0.25) is 0 Å². The molecule has 0 aliphatic carbocycles. The number of carbonyl (C=O) groups excluding carboxylic acids is 2. The van der Waals surface area contributed by atoms with Crippen LogP contribution in [0.5, 0.6) is 0 Å². The lowest BCUT2D eigenvalue weighted by Gasteiger charge is -2.39.